The number of halogens is 10. The minimum Gasteiger partial charge on any atom is -0.429 e. The highest BCUT2D eigenvalue weighted by molar-refractivity contribution is 5.90. The maximum absolute atomic E-state index is 15.5. The van der Waals surface area contributed by atoms with Crippen LogP contribution in [0.15, 0.2) is 85.1 Å². The summed E-state index contributed by atoms with van der Waals surface area (Å²) in [6.45, 7) is 2.10. The Hall–Kier alpha value is -5.57. The molecule has 0 fully saturated rings. The highest BCUT2D eigenvalue weighted by atomic mass is 19.4. The van der Waals surface area contributed by atoms with Crippen LogP contribution in [-0.4, -0.2) is 11.2 Å². The zero-order valence-corrected chi connectivity index (χ0v) is 27.0. The van der Waals surface area contributed by atoms with E-state index in [1.165, 1.54) is 30.2 Å². The van der Waals surface area contributed by atoms with Crippen molar-refractivity contribution in [1.82, 2.24) is 4.98 Å². The maximum atomic E-state index is 15.5. The van der Waals surface area contributed by atoms with Crippen LogP contribution in [0.2, 0.25) is 0 Å². The Morgan fingerprint density at radius 1 is 0.673 bits per heavy atom. The van der Waals surface area contributed by atoms with Gasteiger partial charge in [-0.15, -0.1) is 0 Å². The summed E-state index contributed by atoms with van der Waals surface area (Å²) in [5.41, 5.74) is -0.942. The van der Waals surface area contributed by atoms with Crippen molar-refractivity contribution in [3.8, 4) is 40.0 Å². The van der Waals surface area contributed by atoms with Gasteiger partial charge in [-0.3, -0.25) is 4.98 Å². The van der Waals surface area contributed by atoms with Crippen molar-refractivity contribution < 1.29 is 48.6 Å². The maximum Gasteiger partial charge on any atom is 0.458 e. The summed E-state index contributed by atoms with van der Waals surface area (Å²) in [6.07, 6.45) is -3.84. The highest BCUT2D eigenvalue weighted by Crippen LogP contribution is 2.40. The van der Waals surface area contributed by atoms with Crippen molar-refractivity contribution in [2.75, 3.05) is 0 Å². The number of ether oxygens (including phenoxy) is 1. The van der Waals surface area contributed by atoms with E-state index < -0.39 is 58.2 Å². The lowest BCUT2D eigenvalue weighted by atomic mass is 9.98. The molecular weight excluding hydrogens is 700 g/mol. The monoisotopic (exact) mass is 725 g/mol. The number of benzene rings is 5. The second kappa shape index (κ2) is 14.2. The summed E-state index contributed by atoms with van der Waals surface area (Å²) >= 11 is 0. The molecule has 1 aromatic heterocycles. The van der Waals surface area contributed by atoms with E-state index in [0.717, 1.165) is 73.6 Å². The molecule has 0 aliphatic heterocycles. The van der Waals surface area contributed by atoms with Crippen molar-refractivity contribution >= 4 is 21.5 Å². The average Bonchev–Trinajstić information content (AvgIpc) is 3.07. The summed E-state index contributed by atoms with van der Waals surface area (Å²) in [7, 11) is 0. The Labute approximate surface area is 290 Å². The Morgan fingerprint density at radius 2 is 1.35 bits per heavy atom. The number of nitrogens with zero attached hydrogens (tertiary/aromatic N) is 1. The second-order valence-electron chi connectivity index (χ2n) is 12.0. The molecular formula is C40H25F10NO. The minimum atomic E-state index is -4.99. The lowest BCUT2D eigenvalue weighted by Crippen LogP contribution is -2.25. The van der Waals surface area contributed by atoms with Gasteiger partial charge in [0.25, 0.3) is 0 Å². The molecule has 6 rings (SSSR count). The number of fused-ring (bicyclic) bond motifs is 2. The van der Waals surface area contributed by atoms with Crippen LogP contribution in [0.3, 0.4) is 0 Å². The molecule has 0 atom stereocenters. The first kappa shape index (κ1) is 36.2. The molecule has 12 heteroatoms. The van der Waals surface area contributed by atoms with Crippen molar-refractivity contribution in [1.29, 1.82) is 0 Å². The van der Waals surface area contributed by atoms with Gasteiger partial charge in [-0.25, -0.2) is 22.0 Å². The first-order valence-corrected chi connectivity index (χ1v) is 15.9. The van der Waals surface area contributed by atoms with E-state index in [0.29, 0.717) is 17.3 Å². The molecule has 0 N–H and O–H groups in total. The van der Waals surface area contributed by atoms with Gasteiger partial charge in [-0.05, 0) is 77.2 Å². The van der Waals surface area contributed by atoms with Gasteiger partial charge in [0, 0.05) is 40.1 Å². The standard InChI is InChI=1S/C40H25F10NO/c1-2-3-4-5-22-6-13-35(51-21-22)24-8-11-30-26(17-24)19-34(43)36(38(30)45)40(49,50)52-27-9-12-28(33(42)20-27)23-7-10-29-25(16-23)18-32(41)31(37(29)44)14-15-39(46,47)48/h6-13,16-21H,2-5H2,1H3. The van der Waals surface area contributed by atoms with Gasteiger partial charge in [0.05, 0.1) is 11.3 Å². The van der Waals surface area contributed by atoms with Gasteiger partial charge < -0.3 is 4.74 Å². The fourth-order valence-corrected chi connectivity index (χ4v) is 5.82. The third-order valence-electron chi connectivity index (χ3n) is 8.36. The number of unbranched alkanes of at least 4 members (excludes halogenated alkanes) is 2. The fraction of sp³-hybridized carbons (Fsp3) is 0.175. The lowest BCUT2D eigenvalue weighted by Gasteiger charge is -2.21. The summed E-state index contributed by atoms with van der Waals surface area (Å²) in [5.74, 6) is -5.65. The molecule has 5 aromatic carbocycles. The summed E-state index contributed by atoms with van der Waals surface area (Å²) < 4.78 is 148. The zero-order chi connectivity index (χ0) is 37.4. The van der Waals surface area contributed by atoms with E-state index in [1.807, 2.05) is 6.07 Å². The molecule has 0 unspecified atom stereocenters. The topological polar surface area (TPSA) is 22.1 Å². The molecule has 0 radical (unpaired) electrons. The van der Waals surface area contributed by atoms with Crippen LogP contribution in [0.5, 0.6) is 5.75 Å². The van der Waals surface area contributed by atoms with Gasteiger partial charge in [-0.1, -0.05) is 56.0 Å². The molecule has 1 heterocycles. The van der Waals surface area contributed by atoms with Crippen LogP contribution in [-0.2, 0) is 12.5 Å². The normalized spacial score (nSPS) is 11.9. The predicted octanol–water partition coefficient (Wildman–Crippen LogP) is 12.2. The van der Waals surface area contributed by atoms with Crippen LogP contribution in [0.25, 0.3) is 43.9 Å². The molecule has 0 saturated carbocycles. The van der Waals surface area contributed by atoms with Crippen molar-refractivity contribution in [2.24, 2.45) is 0 Å². The summed E-state index contributed by atoms with van der Waals surface area (Å²) in [4.78, 5) is 4.43. The van der Waals surface area contributed by atoms with Gasteiger partial charge in [-0.2, -0.15) is 22.0 Å². The van der Waals surface area contributed by atoms with Gasteiger partial charge in [0.1, 0.15) is 40.4 Å². The van der Waals surface area contributed by atoms with Crippen LogP contribution in [0.1, 0.15) is 42.9 Å². The Kier molecular flexibility index (Phi) is 9.90. The smallest absolute Gasteiger partial charge is 0.429 e. The van der Waals surface area contributed by atoms with E-state index in [1.54, 1.807) is 12.3 Å². The average molecular weight is 726 g/mol. The molecule has 266 valence electrons. The van der Waals surface area contributed by atoms with Gasteiger partial charge in [0.15, 0.2) is 0 Å². The fourth-order valence-electron chi connectivity index (χ4n) is 5.82. The molecule has 0 spiro atoms. The van der Waals surface area contributed by atoms with E-state index in [4.69, 9.17) is 0 Å². The zero-order valence-electron chi connectivity index (χ0n) is 27.0. The van der Waals surface area contributed by atoms with Crippen LogP contribution in [0, 0.1) is 40.9 Å². The van der Waals surface area contributed by atoms with Gasteiger partial charge in [0.2, 0.25) is 0 Å². The molecule has 0 bridgehead atoms. The predicted molar refractivity (Wildman–Crippen MR) is 177 cm³/mol. The second-order valence-corrected chi connectivity index (χ2v) is 12.0. The molecule has 0 amide bonds. The van der Waals surface area contributed by atoms with Crippen molar-refractivity contribution in [3.63, 3.8) is 0 Å². The number of pyridine rings is 1. The number of hydrogen-bond donors (Lipinski definition) is 0. The number of aromatic nitrogens is 1. The number of hydrogen-bond acceptors (Lipinski definition) is 2. The van der Waals surface area contributed by atoms with E-state index in [2.05, 4.69) is 16.6 Å². The van der Waals surface area contributed by atoms with Gasteiger partial charge >= 0.3 is 12.3 Å². The number of aryl methyl sites for hydroxylation is 1. The molecule has 6 aromatic rings. The summed E-state index contributed by atoms with van der Waals surface area (Å²) in [5, 5.41) is -0.782. The first-order valence-electron chi connectivity index (χ1n) is 15.9. The first-order chi connectivity index (χ1) is 24.6. The van der Waals surface area contributed by atoms with Crippen LogP contribution >= 0.6 is 0 Å². The SMILES string of the molecule is CCCCCc1ccc(-c2ccc3c(F)c(C(F)(F)Oc4ccc(-c5ccc6c(F)c(C#CC(F)(F)F)c(F)cc6c5)c(F)c4)c(F)cc3c2)nc1. The molecule has 2 nitrogen and oxygen atoms in total. The Morgan fingerprint density at radius 3 is 2.00 bits per heavy atom. The van der Waals surface area contributed by atoms with E-state index in [-0.39, 0.29) is 32.7 Å². The third-order valence-corrected chi connectivity index (χ3v) is 8.36. The lowest BCUT2D eigenvalue weighted by molar-refractivity contribution is -0.189. The van der Waals surface area contributed by atoms with Crippen LogP contribution in [0.4, 0.5) is 43.9 Å². The molecule has 0 aliphatic carbocycles. The minimum absolute atomic E-state index is 0.00289. The quantitative estimate of drug-likeness (QED) is 0.0841. The molecule has 52 heavy (non-hydrogen) atoms. The van der Waals surface area contributed by atoms with E-state index >= 15 is 22.0 Å². The Bertz CT molecular complexity index is 2370. The molecule has 0 aliphatic rings. The highest BCUT2D eigenvalue weighted by Gasteiger charge is 2.42. The third kappa shape index (κ3) is 7.54. The number of rotatable bonds is 9. The summed E-state index contributed by atoms with van der Waals surface area (Å²) in [6, 6.07) is 15.0. The van der Waals surface area contributed by atoms with E-state index in [9.17, 15) is 22.0 Å². The van der Waals surface area contributed by atoms with Crippen molar-refractivity contribution in [3.05, 3.63) is 131 Å². The van der Waals surface area contributed by atoms with Crippen molar-refractivity contribution in [2.45, 2.75) is 44.9 Å². The molecule has 0 saturated heterocycles. The number of alkyl halides is 5. The largest absolute Gasteiger partial charge is 0.458 e. The Balaban J connectivity index is 1.25. The van der Waals surface area contributed by atoms with Crippen LogP contribution < -0.4 is 4.74 Å².